The van der Waals surface area contributed by atoms with Crippen LogP contribution < -0.4 is 16.0 Å². The molecular formula is C20H20N4O2. The quantitative estimate of drug-likeness (QED) is 0.407. The molecule has 2 amide bonds. The smallest absolute Gasteiger partial charge is 0.267 e. The molecule has 26 heavy (non-hydrogen) atoms. The molecule has 3 N–H and O–H groups in total. The molecule has 0 fully saturated rings. The molecule has 0 aromatic heterocycles. The van der Waals surface area contributed by atoms with E-state index in [0.717, 1.165) is 6.42 Å². The van der Waals surface area contributed by atoms with Gasteiger partial charge in [-0.1, -0.05) is 30.3 Å². The number of anilines is 2. The molecule has 2 aromatic rings. The van der Waals surface area contributed by atoms with E-state index in [1.807, 2.05) is 36.4 Å². The standard InChI is InChI=1S/C20H20N4O2/c1-15(25)23-18-7-9-19(10-8-18)24-20(26)17(13-21)14-22-12-11-16-5-3-2-4-6-16/h2-10,14,22H,11-12H2,1H3,(H,23,25)(H,24,26)/b17-14-. The maximum Gasteiger partial charge on any atom is 0.267 e. The van der Waals surface area contributed by atoms with E-state index in [-0.39, 0.29) is 11.5 Å². The summed E-state index contributed by atoms with van der Waals surface area (Å²) in [6.45, 7) is 2.04. The van der Waals surface area contributed by atoms with Gasteiger partial charge in [0.05, 0.1) is 0 Å². The molecule has 0 spiro atoms. The molecule has 0 radical (unpaired) electrons. The number of benzene rings is 2. The number of nitriles is 1. The Morgan fingerprint density at radius 1 is 1.00 bits per heavy atom. The zero-order valence-electron chi connectivity index (χ0n) is 14.5. The Kier molecular flexibility index (Phi) is 6.95. The predicted octanol–water partition coefficient (Wildman–Crippen LogP) is 2.82. The van der Waals surface area contributed by atoms with E-state index in [1.54, 1.807) is 24.3 Å². The number of carbonyl (C=O) groups is 2. The first-order valence-electron chi connectivity index (χ1n) is 8.15. The Bertz CT molecular complexity index is 821. The second-order valence-corrected chi connectivity index (χ2v) is 5.57. The minimum atomic E-state index is -0.494. The van der Waals surface area contributed by atoms with Crippen LogP contribution in [0.5, 0.6) is 0 Å². The third-order valence-electron chi connectivity index (χ3n) is 3.48. The van der Waals surface area contributed by atoms with Gasteiger partial charge in [-0.3, -0.25) is 9.59 Å². The van der Waals surface area contributed by atoms with E-state index in [0.29, 0.717) is 17.9 Å². The van der Waals surface area contributed by atoms with Crippen LogP contribution in [0.3, 0.4) is 0 Å². The van der Waals surface area contributed by atoms with Gasteiger partial charge in [-0.2, -0.15) is 5.26 Å². The summed E-state index contributed by atoms with van der Waals surface area (Å²) in [4.78, 5) is 23.1. The zero-order chi connectivity index (χ0) is 18.8. The van der Waals surface area contributed by atoms with Crippen molar-refractivity contribution in [3.05, 3.63) is 71.9 Å². The number of nitrogens with one attached hydrogen (secondary N) is 3. The fourth-order valence-corrected chi connectivity index (χ4v) is 2.22. The molecule has 0 atom stereocenters. The van der Waals surface area contributed by atoms with Crippen molar-refractivity contribution in [1.29, 1.82) is 5.26 Å². The average molecular weight is 348 g/mol. The third-order valence-corrected chi connectivity index (χ3v) is 3.48. The summed E-state index contributed by atoms with van der Waals surface area (Å²) in [6, 6.07) is 18.5. The lowest BCUT2D eigenvalue weighted by Gasteiger charge is -2.07. The minimum Gasteiger partial charge on any atom is -0.389 e. The molecule has 0 saturated heterocycles. The number of rotatable bonds is 7. The molecule has 2 aromatic carbocycles. The van der Waals surface area contributed by atoms with Crippen molar-refractivity contribution in [2.24, 2.45) is 0 Å². The highest BCUT2D eigenvalue weighted by atomic mass is 16.2. The van der Waals surface area contributed by atoms with E-state index in [9.17, 15) is 9.59 Å². The number of amides is 2. The molecule has 0 bridgehead atoms. The van der Waals surface area contributed by atoms with Gasteiger partial charge in [-0.05, 0) is 36.2 Å². The lowest BCUT2D eigenvalue weighted by atomic mass is 10.1. The zero-order valence-corrected chi connectivity index (χ0v) is 14.5. The van der Waals surface area contributed by atoms with Crippen LogP contribution in [-0.2, 0) is 16.0 Å². The summed E-state index contributed by atoms with van der Waals surface area (Å²) < 4.78 is 0. The second kappa shape index (κ2) is 9.64. The average Bonchev–Trinajstić information content (AvgIpc) is 2.64. The first-order valence-corrected chi connectivity index (χ1v) is 8.15. The molecule has 0 aliphatic rings. The summed E-state index contributed by atoms with van der Waals surface area (Å²) in [5, 5.41) is 17.4. The summed E-state index contributed by atoms with van der Waals surface area (Å²) >= 11 is 0. The van der Waals surface area contributed by atoms with Crippen LogP contribution in [0.1, 0.15) is 12.5 Å². The van der Waals surface area contributed by atoms with Crippen molar-refractivity contribution in [1.82, 2.24) is 5.32 Å². The van der Waals surface area contributed by atoms with Crippen molar-refractivity contribution in [3.63, 3.8) is 0 Å². The number of nitrogens with zero attached hydrogens (tertiary/aromatic N) is 1. The molecule has 0 heterocycles. The predicted molar refractivity (Wildman–Crippen MR) is 101 cm³/mol. The van der Waals surface area contributed by atoms with Crippen molar-refractivity contribution in [2.75, 3.05) is 17.2 Å². The maximum absolute atomic E-state index is 12.2. The minimum absolute atomic E-state index is 0.0102. The highest BCUT2D eigenvalue weighted by Gasteiger charge is 2.09. The number of hydrogen-bond acceptors (Lipinski definition) is 4. The van der Waals surface area contributed by atoms with Crippen LogP contribution in [0.4, 0.5) is 11.4 Å². The van der Waals surface area contributed by atoms with Gasteiger partial charge in [-0.15, -0.1) is 0 Å². The van der Waals surface area contributed by atoms with E-state index in [1.165, 1.54) is 18.7 Å². The van der Waals surface area contributed by atoms with Crippen molar-refractivity contribution in [2.45, 2.75) is 13.3 Å². The Labute approximate surface area is 152 Å². The van der Waals surface area contributed by atoms with Crippen molar-refractivity contribution < 1.29 is 9.59 Å². The molecule has 0 saturated carbocycles. The summed E-state index contributed by atoms with van der Waals surface area (Å²) in [6.07, 6.45) is 2.21. The van der Waals surface area contributed by atoms with E-state index in [2.05, 4.69) is 16.0 Å². The molecule has 0 aliphatic carbocycles. The fraction of sp³-hybridized carbons (Fsp3) is 0.150. The topological polar surface area (TPSA) is 94.0 Å². The van der Waals surface area contributed by atoms with E-state index in [4.69, 9.17) is 5.26 Å². The van der Waals surface area contributed by atoms with Crippen LogP contribution in [0, 0.1) is 11.3 Å². The Hall–Kier alpha value is -3.59. The second-order valence-electron chi connectivity index (χ2n) is 5.57. The van der Waals surface area contributed by atoms with Crippen LogP contribution in [0.25, 0.3) is 0 Å². The Balaban J connectivity index is 1.87. The van der Waals surface area contributed by atoms with Gasteiger partial charge < -0.3 is 16.0 Å². The van der Waals surface area contributed by atoms with Gasteiger partial charge in [0, 0.05) is 31.0 Å². The Morgan fingerprint density at radius 2 is 1.62 bits per heavy atom. The first-order chi connectivity index (χ1) is 12.6. The molecular weight excluding hydrogens is 328 g/mol. The van der Waals surface area contributed by atoms with E-state index < -0.39 is 5.91 Å². The van der Waals surface area contributed by atoms with Gasteiger partial charge in [0.15, 0.2) is 0 Å². The largest absolute Gasteiger partial charge is 0.389 e. The summed E-state index contributed by atoms with van der Waals surface area (Å²) in [7, 11) is 0. The lowest BCUT2D eigenvalue weighted by Crippen LogP contribution is -2.18. The molecule has 0 aliphatic heterocycles. The highest BCUT2D eigenvalue weighted by Crippen LogP contribution is 2.14. The van der Waals surface area contributed by atoms with Crippen molar-refractivity contribution in [3.8, 4) is 6.07 Å². The van der Waals surface area contributed by atoms with Crippen LogP contribution in [0.2, 0.25) is 0 Å². The third kappa shape index (κ3) is 6.13. The van der Waals surface area contributed by atoms with Crippen LogP contribution >= 0.6 is 0 Å². The molecule has 6 nitrogen and oxygen atoms in total. The van der Waals surface area contributed by atoms with Crippen LogP contribution in [0.15, 0.2) is 66.4 Å². The summed E-state index contributed by atoms with van der Waals surface area (Å²) in [5.41, 5.74) is 2.34. The van der Waals surface area contributed by atoms with Gasteiger partial charge in [0.2, 0.25) is 5.91 Å². The molecule has 132 valence electrons. The van der Waals surface area contributed by atoms with E-state index >= 15 is 0 Å². The van der Waals surface area contributed by atoms with Crippen LogP contribution in [-0.4, -0.2) is 18.4 Å². The molecule has 0 unspecified atom stereocenters. The fourth-order valence-electron chi connectivity index (χ4n) is 2.22. The van der Waals surface area contributed by atoms with Gasteiger partial charge in [0.1, 0.15) is 11.6 Å². The first kappa shape index (κ1) is 18.7. The molecule has 2 rings (SSSR count). The van der Waals surface area contributed by atoms with Gasteiger partial charge in [-0.25, -0.2) is 0 Å². The highest BCUT2D eigenvalue weighted by molar-refractivity contribution is 6.06. The van der Waals surface area contributed by atoms with Crippen molar-refractivity contribution >= 4 is 23.2 Å². The Morgan fingerprint density at radius 3 is 2.19 bits per heavy atom. The number of hydrogen-bond donors (Lipinski definition) is 3. The monoisotopic (exact) mass is 348 g/mol. The summed E-state index contributed by atoms with van der Waals surface area (Å²) in [5.74, 6) is -0.662. The van der Waals surface area contributed by atoms with Gasteiger partial charge in [0.25, 0.3) is 5.91 Å². The molecule has 6 heteroatoms. The van der Waals surface area contributed by atoms with Gasteiger partial charge >= 0.3 is 0 Å². The maximum atomic E-state index is 12.2. The number of carbonyl (C=O) groups excluding carboxylic acids is 2. The lowest BCUT2D eigenvalue weighted by molar-refractivity contribution is -0.114. The normalized spacial score (nSPS) is 10.5. The SMILES string of the molecule is CC(=O)Nc1ccc(NC(=O)/C(C#N)=C\NCCc2ccccc2)cc1.